The molecule has 238 valence electrons. The Morgan fingerprint density at radius 3 is 1.86 bits per heavy atom. The molecular weight excluding hydrogens is 627 g/mol. The van der Waals surface area contributed by atoms with E-state index >= 15 is 0 Å². The fraction of sp³-hybridized carbons (Fsp3) is 0. The van der Waals surface area contributed by atoms with Gasteiger partial charge in [0.1, 0.15) is 11.2 Å². The van der Waals surface area contributed by atoms with Gasteiger partial charge in [-0.2, -0.15) is 0 Å². The predicted molar refractivity (Wildman–Crippen MR) is 205 cm³/mol. The highest BCUT2D eigenvalue weighted by atomic mass is 16.3. The van der Waals surface area contributed by atoms with E-state index in [1.165, 1.54) is 0 Å². The number of fused-ring (bicyclic) bond motifs is 5. The van der Waals surface area contributed by atoms with E-state index in [-0.39, 0.29) is 0 Å². The van der Waals surface area contributed by atoms with E-state index in [0.717, 1.165) is 82.7 Å². The lowest BCUT2D eigenvalue weighted by molar-refractivity contribution is 0.669. The first kappa shape index (κ1) is 28.9. The summed E-state index contributed by atoms with van der Waals surface area (Å²) in [5, 5.41) is 4.14. The van der Waals surface area contributed by atoms with Gasteiger partial charge >= 0.3 is 0 Å². The molecule has 6 aromatic carbocycles. The lowest BCUT2D eigenvalue weighted by Crippen LogP contribution is -2.00. The minimum absolute atomic E-state index is 0.542. The molecule has 10 rings (SSSR count). The molecule has 4 aromatic heterocycles. The lowest BCUT2D eigenvalue weighted by atomic mass is 9.93. The SMILES string of the molecule is c1ccc(-c2nc(-c3ccccc3)nc(-c3cc(-c4cccc(-c5c6cccnc6cc6cccnc56)c4)cc4c3oc3ccccc34)n2)cc1. The number of para-hydroxylation sites is 1. The summed E-state index contributed by atoms with van der Waals surface area (Å²) in [6.45, 7) is 0. The summed E-state index contributed by atoms with van der Waals surface area (Å²) in [7, 11) is 0. The minimum atomic E-state index is 0.542. The molecule has 0 aliphatic heterocycles. The highest BCUT2D eigenvalue weighted by molar-refractivity contribution is 6.12. The molecule has 0 saturated carbocycles. The number of benzene rings is 6. The monoisotopic (exact) mass is 653 g/mol. The van der Waals surface area contributed by atoms with E-state index in [2.05, 4.69) is 60.7 Å². The number of aromatic nitrogens is 5. The summed E-state index contributed by atoms with van der Waals surface area (Å²) >= 11 is 0. The van der Waals surface area contributed by atoms with Gasteiger partial charge in [-0.1, -0.05) is 109 Å². The zero-order valence-electron chi connectivity index (χ0n) is 27.2. The average Bonchev–Trinajstić information content (AvgIpc) is 3.59. The van der Waals surface area contributed by atoms with Gasteiger partial charge in [0.2, 0.25) is 0 Å². The van der Waals surface area contributed by atoms with Crippen molar-refractivity contribution in [3.8, 4) is 56.4 Å². The Hall–Kier alpha value is -7.05. The third-order valence-electron chi connectivity index (χ3n) is 9.38. The van der Waals surface area contributed by atoms with Crippen LogP contribution in [0.2, 0.25) is 0 Å². The van der Waals surface area contributed by atoms with Crippen molar-refractivity contribution < 1.29 is 4.42 Å². The van der Waals surface area contributed by atoms with Crippen LogP contribution in [0.5, 0.6) is 0 Å². The van der Waals surface area contributed by atoms with Crippen molar-refractivity contribution in [2.45, 2.75) is 0 Å². The summed E-state index contributed by atoms with van der Waals surface area (Å²) in [6.07, 6.45) is 3.69. The van der Waals surface area contributed by atoms with Crippen LogP contribution in [0.25, 0.3) is 100 Å². The molecule has 6 heteroatoms. The van der Waals surface area contributed by atoms with Gasteiger partial charge in [0.25, 0.3) is 0 Å². The fourth-order valence-electron chi connectivity index (χ4n) is 7.00. The van der Waals surface area contributed by atoms with E-state index in [4.69, 9.17) is 29.3 Å². The molecule has 0 fully saturated rings. The van der Waals surface area contributed by atoms with Crippen LogP contribution in [0.3, 0.4) is 0 Å². The summed E-state index contributed by atoms with van der Waals surface area (Å²) in [5.41, 5.74) is 10.2. The molecule has 10 aromatic rings. The molecule has 0 N–H and O–H groups in total. The Morgan fingerprint density at radius 2 is 1.06 bits per heavy atom. The number of rotatable bonds is 5. The molecule has 51 heavy (non-hydrogen) atoms. The van der Waals surface area contributed by atoms with Gasteiger partial charge in [0, 0.05) is 50.6 Å². The van der Waals surface area contributed by atoms with Crippen molar-refractivity contribution in [1.82, 2.24) is 24.9 Å². The largest absolute Gasteiger partial charge is 0.455 e. The van der Waals surface area contributed by atoms with Crippen LogP contribution in [-0.4, -0.2) is 24.9 Å². The van der Waals surface area contributed by atoms with Gasteiger partial charge in [-0.05, 0) is 59.2 Å². The molecule has 0 unspecified atom stereocenters. The fourth-order valence-corrected chi connectivity index (χ4v) is 7.00. The minimum Gasteiger partial charge on any atom is -0.455 e. The van der Waals surface area contributed by atoms with E-state index in [1.807, 2.05) is 103 Å². The molecule has 0 atom stereocenters. The number of hydrogen-bond acceptors (Lipinski definition) is 6. The topological polar surface area (TPSA) is 77.6 Å². The molecule has 6 nitrogen and oxygen atoms in total. The standard InChI is InChI=1S/C45H27N5O/c1-3-12-28(13-4-1)43-48-44(29-14-5-2-6-15-29)50-45(49-43)37-26-33(25-36-34-19-7-8-21-39(34)51-42(36)37)30-16-9-17-31(24-30)40-35-20-11-22-46-38(35)27-32-18-10-23-47-41(32)40/h1-27H. The van der Waals surface area contributed by atoms with Gasteiger partial charge < -0.3 is 4.42 Å². The van der Waals surface area contributed by atoms with Crippen molar-refractivity contribution in [2.24, 2.45) is 0 Å². The molecule has 4 heterocycles. The van der Waals surface area contributed by atoms with Gasteiger partial charge in [-0.15, -0.1) is 0 Å². The van der Waals surface area contributed by atoms with Crippen molar-refractivity contribution in [1.29, 1.82) is 0 Å². The average molecular weight is 654 g/mol. The molecule has 0 bridgehead atoms. The first-order valence-corrected chi connectivity index (χ1v) is 16.8. The molecule has 0 amide bonds. The normalized spacial score (nSPS) is 11.5. The molecule has 0 aliphatic carbocycles. The molecular formula is C45H27N5O. The molecule has 0 saturated heterocycles. The number of nitrogens with zero attached hydrogens (tertiary/aromatic N) is 5. The van der Waals surface area contributed by atoms with Crippen molar-refractivity contribution in [3.05, 3.63) is 164 Å². The maximum Gasteiger partial charge on any atom is 0.167 e. The zero-order valence-corrected chi connectivity index (χ0v) is 27.2. The van der Waals surface area contributed by atoms with E-state index < -0.39 is 0 Å². The van der Waals surface area contributed by atoms with E-state index in [0.29, 0.717) is 17.5 Å². The Balaban J connectivity index is 1.23. The zero-order chi connectivity index (χ0) is 33.7. The highest BCUT2D eigenvalue weighted by Gasteiger charge is 2.20. The number of hydrogen-bond donors (Lipinski definition) is 0. The maximum absolute atomic E-state index is 6.59. The molecule has 0 aliphatic rings. The van der Waals surface area contributed by atoms with Crippen molar-refractivity contribution in [3.63, 3.8) is 0 Å². The Kier molecular flexibility index (Phi) is 6.70. The Bertz CT molecular complexity index is 2810. The van der Waals surface area contributed by atoms with Crippen LogP contribution in [0, 0.1) is 0 Å². The number of furan rings is 1. The Labute approximate surface area is 292 Å². The van der Waals surface area contributed by atoms with Crippen LogP contribution in [0.4, 0.5) is 0 Å². The van der Waals surface area contributed by atoms with Crippen LogP contribution in [0.15, 0.2) is 168 Å². The van der Waals surface area contributed by atoms with Crippen LogP contribution in [-0.2, 0) is 0 Å². The van der Waals surface area contributed by atoms with Gasteiger partial charge in [-0.3, -0.25) is 9.97 Å². The second kappa shape index (κ2) is 11.8. The first-order chi connectivity index (χ1) is 25.3. The van der Waals surface area contributed by atoms with Gasteiger partial charge in [0.15, 0.2) is 17.5 Å². The van der Waals surface area contributed by atoms with E-state index in [9.17, 15) is 0 Å². The second-order valence-corrected chi connectivity index (χ2v) is 12.5. The first-order valence-electron chi connectivity index (χ1n) is 16.8. The number of pyridine rings is 2. The van der Waals surface area contributed by atoms with Crippen LogP contribution < -0.4 is 0 Å². The van der Waals surface area contributed by atoms with Crippen molar-refractivity contribution >= 4 is 43.7 Å². The smallest absolute Gasteiger partial charge is 0.167 e. The second-order valence-electron chi connectivity index (χ2n) is 12.5. The third-order valence-corrected chi connectivity index (χ3v) is 9.38. The summed E-state index contributed by atoms with van der Waals surface area (Å²) in [6, 6.07) is 51.5. The van der Waals surface area contributed by atoms with Gasteiger partial charge in [0.05, 0.1) is 16.6 Å². The summed E-state index contributed by atoms with van der Waals surface area (Å²) in [5.74, 6) is 1.74. The summed E-state index contributed by atoms with van der Waals surface area (Å²) in [4.78, 5) is 24.7. The third kappa shape index (κ3) is 5.01. The van der Waals surface area contributed by atoms with Crippen molar-refractivity contribution in [2.75, 3.05) is 0 Å². The highest BCUT2D eigenvalue weighted by Crippen LogP contribution is 2.41. The maximum atomic E-state index is 6.59. The van der Waals surface area contributed by atoms with Gasteiger partial charge in [-0.25, -0.2) is 15.0 Å². The van der Waals surface area contributed by atoms with E-state index in [1.54, 1.807) is 0 Å². The molecule has 0 radical (unpaired) electrons. The Morgan fingerprint density at radius 1 is 0.412 bits per heavy atom. The molecule has 0 spiro atoms. The van der Waals surface area contributed by atoms with Crippen LogP contribution in [0.1, 0.15) is 0 Å². The van der Waals surface area contributed by atoms with Crippen LogP contribution >= 0.6 is 0 Å². The quantitative estimate of drug-likeness (QED) is 0.172. The lowest BCUT2D eigenvalue weighted by Gasteiger charge is -2.13. The predicted octanol–water partition coefficient (Wildman–Crippen LogP) is 11.2. The summed E-state index contributed by atoms with van der Waals surface area (Å²) < 4.78 is 6.59.